The van der Waals surface area contributed by atoms with Crippen molar-refractivity contribution in [3.63, 3.8) is 0 Å². The lowest BCUT2D eigenvalue weighted by molar-refractivity contribution is 0.435. The Bertz CT molecular complexity index is 1040. The average molecular weight is 322 g/mol. The number of nitrogens with zero attached hydrogens (tertiary/aromatic N) is 4. The predicted molar refractivity (Wildman–Crippen MR) is 91.3 cm³/mol. The molecule has 3 aromatic rings. The van der Waals surface area contributed by atoms with Crippen molar-refractivity contribution in [2.75, 3.05) is 0 Å². The van der Waals surface area contributed by atoms with E-state index < -0.39 is 0 Å². The average Bonchev–Trinajstić information content (AvgIpc) is 3.10. The highest BCUT2D eigenvalue weighted by molar-refractivity contribution is 5.83. The molecule has 0 radical (unpaired) electrons. The van der Waals surface area contributed by atoms with Crippen LogP contribution in [0.1, 0.15) is 11.1 Å². The van der Waals surface area contributed by atoms with Gasteiger partial charge >= 0.3 is 0 Å². The summed E-state index contributed by atoms with van der Waals surface area (Å²) >= 11 is 0. The minimum absolute atomic E-state index is 0.0460. The standard InChI is InChI=1S/C20H10N4O/c21-11-14-6-8-16(9-7-14)19-18(10-15(12-22)13-23)20(25-24-19)17-4-2-1-3-5-17/h1-10H. The van der Waals surface area contributed by atoms with Gasteiger partial charge in [0.2, 0.25) is 0 Å². The zero-order valence-corrected chi connectivity index (χ0v) is 13.0. The van der Waals surface area contributed by atoms with E-state index in [0.717, 1.165) is 11.1 Å². The van der Waals surface area contributed by atoms with E-state index in [0.29, 0.717) is 22.6 Å². The molecule has 1 aromatic heterocycles. The monoisotopic (exact) mass is 322 g/mol. The van der Waals surface area contributed by atoms with Crippen molar-refractivity contribution in [1.82, 2.24) is 5.16 Å². The van der Waals surface area contributed by atoms with E-state index in [4.69, 9.17) is 20.3 Å². The molecular formula is C20H10N4O. The number of benzene rings is 2. The molecular weight excluding hydrogens is 312 g/mol. The van der Waals surface area contributed by atoms with Gasteiger partial charge in [-0.05, 0) is 18.2 Å². The van der Waals surface area contributed by atoms with E-state index in [1.807, 2.05) is 42.5 Å². The molecule has 5 nitrogen and oxygen atoms in total. The van der Waals surface area contributed by atoms with Crippen LogP contribution < -0.4 is 0 Å². The fourth-order valence-corrected chi connectivity index (χ4v) is 2.37. The van der Waals surface area contributed by atoms with Crippen molar-refractivity contribution in [2.24, 2.45) is 0 Å². The van der Waals surface area contributed by atoms with E-state index in [-0.39, 0.29) is 5.57 Å². The summed E-state index contributed by atoms with van der Waals surface area (Å²) < 4.78 is 5.50. The van der Waals surface area contributed by atoms with Crippen molar-refractivity contribution in [2.45, 2.75) is 0 Å². The molecule has 0 atom stereocenters. The van der Waals surface area contributed by atoms with Gasteiger partial charge in [-0.15, -0.1) is 0 Å². The summed E-state index contributed by atoms with van der Waals surface area (Å²) in [6, 6.07) is 21.9. The number of hydrogen-bond donors (Lipinski definition) is 0. The zero-order valence-electron chi connectivity index (χ0n) is 13.0. The van der Waals surface area contributed by atoms with Gasteiger partial charge in [-0.3, -0.25) is 0 Å². The summed E-state index contributed by atoms with van der Waals surface area (Å²) in [6.45, 7) is 0. The molecule has 0 saturated carbocycles. The molecule has 0 aliphatic rings. The molecule has 0 N–H and O–H groups in total. The molecule has 25 heavy (non-hydrogen) atoms. The normalized spacial score (nSPS) is 9.48. The van der Waals surface area contributed by atoms with Crippen molar-refractivity contribution >= 4 is 6.08 Å². The number of rotatable bonds is 3. The molecule has 0 aliphatic heterocycles. The van der Waals surface area contributed by atoms with Gasteiger partial charge in [0.1, 0.15) is 23.4 Å². The maximum atomic E-state index is 9.09. The second-order valence-electron chi connectivity index (χ2n) is 5.11. The molecule has 116 valence electrons. The van der Waals surface area contributed by atoms with Crippen LogP contribution in [0.25, 0.3) is 28.7 Å². The fourth-order valence-electron chi connectivity index (χ4n) is 2.37. The zero-order chi connectivity index (χ0) is 17.6. The number of hydrogen-bond acceptors (Lipinski definition) is 5. The van der Waals surface area contributed by atoms with E-state index in [1.54, 1.807) is 24.3 Å². The second kappa shape index (κ2) is 6.96. The maximum absolute atomic E-state index is 9.09. The number of allylic oxidation sites excluding steroid dienone is 1. The summed E-state index contributed by atoms with van der Waals surface area (Å²) in [5, 5.41) is 31.2. The Morgan fingerprint density at radius 2 is 1.56 bits per heavy atom. The van der Waals surface area contributed by atoms with Crippen LogP contribution in [-0.2, 0) is 0 Å². The second-order valence-corrected chi connectivity index (χ2v) is 5.11. The van der Waals surface area contributed by atoms with Crippen LogP contribution in [0, 0.1) is 34.0 Å². The van der Waals surface area contributed by atoms with E-state index in [1.165, 1.54) is 6.08 Å². The van der Waals surface area contributed by atoms with Gasteiger partial charge < -0.3 is 4.52 Å². The molecule has 0 fully saturated rings. The topological polar surface area (TPSA) is 97.4 Å². The van der Waals surface area contributed by atoms with Gasteiger partial charge in [0.15, 0.2) is 5.76 Å². The minimum atomic E-state index is -0.0460. The molecule has 1 heterocycles. The molecule has 0 saturated heterocycles. The van der Waals surface area contributed by atoms with Gasteiger partial charge in [0.05, 0.1) is 17.2 Å². The summed E-state index contributed by atoms with van der Waals surface area (Å²) in [6.07, 6.45) is 1.46. The first kappa shape index (κ1) is 15.7. The highest BCUT2D eigenvalue weighted by atomic mass is 16.5. The lowest BCUT2D eigenvalue weighted by Crippen LogP contribution is -1.85. The van der Waals surface area contributed by atoms with Crippen LogP contribution in [0.5, 0.6) is 0 Å². The lowest BCUT2D eigenvalue weighted by atomic mass is 10.00. The van der Waals surface area contributed by atoms with Crippen LogP contribution >= 0.6 is 0 Å². The van der Waals surface area contributed by atoms with E-state index in [9.17, 15) is 0 Å². The van der Waals surface area contributed by atoms with Gasteiger partial charge in [0, 0.05) is 11.1 Å². The first-order chi connectivity index (χ1) is 12.3. The van der Waals surface area contributed by atoms with E-state index in [2.05, 4.69) is 11.2 Å². The highest BCUT2D eigenvalue weighted by Gasteiger charge is 2.18. The van der Waals surface area contributed by atoms with Crippen LogP contribution in [0.2, 0.25) is 0 Å². The minimum Gasteiger partial charge on any atom is -0.355 e. The van der Waals surface area contributed by atoms with Gasteiger partial charge in [-0.2, -0.15) is 15.8 Å². The molecule has 5 heteroatoms. The molecule has 0 aliphatic carbocycles. The third kappa shape index (κ3) is 3.15. The Morgan fingerprint density at radius 1 is 0.880 bits per heavy atom. The van der Waals surface area contributed by atoms with Crippen molar-refractivity contribution in [3.05, 3.63) is 71.3 Å². The maximum Gasteiger partial charge on any atom is 0.174 e. The summed E-state index contributed by atoms with van der Waals surface area (Å²) in [4.78, 5) is 0. The molecule has 3 rings (SSSR count). The van der Waals surface area contributed by atoms with E-state index >= 15 is 0 Å². The summed E-state index contributed by atoms with van der Waals surface area (Å²) in [5.74, 6) is 0.475. The van der Waals surface area contributed by atoms with Crippen LogP contribution in [0.15, 0.2) is 64.7 Å². The molecule has 0 spiro atoms. The van der Waals surface area contributed by atoms with Crippen molar-refractivity contribution in [1.29, 1.82) is 15.8 Å². The van der Waals surface area contributed by atoms with Crippen molar-refractivity contribution in [3.8, 4) is 40.8 Å². The first-order valence-corrected chi connectivity index (χ1v) is 7.34. The molecule has 0 bridgehead atoms. The molecule has 0 amide bonds. The smallest absolute Gasteiger partial charge is 0.174 e. The van der Waals surface area contributed by atoms with Crippen LogP contribution in [0.4, 0.5) is 0 Å². The van der Waals surface area contributed by atoms with Crippen LogP contribution in [-0.4, -0.2) is 5.16 Å². The summed E-state index contributed by atoms with van der Waals surface area (Å²) in [5.41, 5.74) is 3.06. The Morgan fingerprint density at radius 3 is 2.16 bits per heavy atom. The third-order valence-electron chi connectivity index (χ3n) is 3.58. The van der Waals surface area contributed by atoms with Crippen molar-refractivity contribution < 1.29 is 4.52 Å². The molecule has 0 unspecified atom stereocenters. The largest absolute Gasteiger partial charge is 0.355 e. The predicted octanol–water partition coefficient (Wildman–Crippen LogP) is 4.31. The highest BCUT2D eigenvalue weighted by Crippen LogP contribution is 2.34. The third-order valence-corrected chi connectivity index (χ3v) is 3.58. The Hall–Kier alpha value is -4.14. The van der Waals surface area contributed by atoms with Crippen LogP contribution in [0.3, 0.4) is 0 Å². The summed E-state index contributed by atoms with van der Waals surface area (Å²) in [7, 11) is 0. The van der Waals surface area contributed by atoms with Gasteiger partial charge in [-0.1, -0.05) is 47.6 Å². The first-order valence-electron chi connectivity index (χ1n) is 7.34. The Balaban J connectivity index is 2.21. The SMILES string of the molecule is N#CC(C#N)=Cc1c(-c2ccc(C#N)cc2)noc1-c1ccccc1. The Kier molecular flexibility index (Phi) is 4.38. The molecule has 2 aromatic carbocycles. The Labute approximate surface area is 144 Å². The number of aromatic nitrogens is 1. The fraction of sp³-hybridized carbons (Fsp3) is 0. The number of nitriles is 3. The van der Waals surface area contributed by atoms with Gasteiger partial charge in [0.25, 0.3) is 0 Å². The van der Waals surface area contributed by atoms with Gasteiger partial charge in [-0.25, -0.2) is 0 Å². The quantitative estimate of drug-likeness (QED) is 0.669. The lowest BCUT2D eigenvalue weighted by Gasteiger charge is -2.01.